The van der Waals surface area contributed by atoms with Crippen molar-refractivity contribution in [3.8, 4) is 11.5 Å². The number of nitrogens with one attached hydrogen (secondary N) is 1. The van der Waals surface area contributed by atoms with Crippen LogP contribution in [0.25, 0.3) is 10.9 Å². The van der Waals surface area contributed by atoms with Crippen molar-refractivity contribution in [3.05, 3.63) is 58.7 Å². The van der Waals surface area contributed by atoms with Gasteiger partial charge in [-0.2, -0.15) is 0 Å². The largest absolute Gasteiger partial charge is 0.457 e. The fourth-order valence-corrected chi connectivity index (χ4v) is 3.65. The second kappa shape index (κ2) is 6.15. The van der Waals surface area contributed by atoms with Crippen molar-refractivity contribution in [1.29, 1.82) is 0 Å². The molecule has 1 unspecified atom stereocenters. The Kier molecular flexibility index (Phi) is 3.99. The monoisotopic (exact) mass is 340 g/mol. The number of aryl methyl sites for hydroxylation is 1. The molecule has 0 radical (unpaired) electrons. The minimum Gasteiger partial charge on any atom is -0.457 e. The summed E-state index contributed by atoms with van der Waals surface area (Å²) in [5.74, 6) is 1.66. The minimum atomic E-state index is 0.609. The third-order valence-electron chi connectivity index (χ3n) is 4.91. The first-order valence-electron chi connectivity index (χ1n) is 8.33. The lowest BCUT2D eigenvalue weighted by atomic mass is 9.91. The van der Waals surface area contributed by atoms with Gasteiger partial charge in [0.2, 0.25) is 0 Å². The number of benzene rings is 2. The van der Waals surface area contributed by atoms with E-state index in [0.29, 0.717) is 11.1 Å². The standard InChI is InChI=1S/C20H21ClN2O/c1-23(2)14-5-9-19-17(11-14)18-12-16(8-10-20(18)22-19)24-15-6-3-13(21)4-7-15/h3-4,6-8,10,12,14,22H,5,9,11H2,1-2H3. The number of aromatic amines is 1. The Morgan fingerprint density at radius 1 is 1.08 bits per heavy atom. The predicted octanol–water partition coefficient (Wildman–Crippen LogP) is 5.03. The van der Waals surface area contributed by atoms with E-state index in [0.717, 1.165) is 24.3 Å². The molecule has 4 rings (SSSR count). The molecule has 1 aromatic heterocycles. The van der Waals surface area contributed by atoms with Crippen LogP contribution >= 0.6 is 11.6 Å². The average Bonchev–Trinajstić information content (AvgIpc) is 2.94. The molecule has 1 heterocycles. The highest BCUT2D eigenvalue weighted by Gasteiger charge is 2.23. The van der Waals surface area contributed by atoms with Gasteiger partial charge < -0.3 is 14.6 Å². The number of hydrogen-bond donors (Lipinski definition) is 1. The number of likely N-dealkylation sites (N-methyl/N-ethyl adjacent to an activating group) is 1. The van der Waals surface area contributed by atoms with Crippen LogP contribution in [0.3, 0.4) is 0 Å². The van der Waals surface area contributed by atoms with Gasteiger partial charge in [-0.3, -0.25) is 0 Å². The van der Waals surface area contributed by atoms with Gasteiger partial charge in [0.25, 0.3) is 0 Å². The topological polar surface area (TPSA) is 28.3 Å². The van der Waals surface area contributed by atoms with E-state index in [9.17, 15) is 0 Å². The van der Waals surface area contributed by atoms with Crippen LogP contribution in [0.1, 0.15) is 17.7 Å². The third kappa shape index (κ3) is 2.90. The van der Waals surface area contributed by atoms with Crippen molar-refractivity contribution in [1.82, 2.24) is 9.88 Å². The van der Waals surface area contributed by atoms with Crippen LogP contribution in [0, 0.1) is 0 Å². The number of aromatic nitrogens is 1. The molecule has 3 aromatic rings. The summed E-state index contributed by atoms with van der Waals surface area (Å²) in [5, 5.41) is 2.00. The number of hydrogen-bond acceptors (Lipinski definition) is 2. The smallest absolute Gasteiger partial charge is 0.128 e. The summed E-state index contributed by atoms with van der Waals surface area (Å²) in [7, 11) is 4.33. The van der Waals surface area contributed by atoms with Crippen LogP contribution in [-0.4, -0.2) is 30.0 Å². The molecule has 1 aliphatic carbocycles. The molecule has 0 aliphatic heterocycles. The van der Waals surface area contributed by atoms with Crippen LogP contribution in [0.2, 0.25) is 5.02 Å². The SMILES string of the molecule is CN(C)C1CCc2[nH]c3ccc(Oc4ccc(Cl)cc4)cc3c2C1. The Morgan fingerprint density at radius 2 is 1.83 bits per heavy atom. The zero-order valence-corrected chi connectivity index (χ0v) is 14.7. The van der Waals surface area contributed by atoms with Crippen LogP contribution in [0.15, 0.2) is 42.5 Å². The summed E-state index contributed by atoms with van der Waals surface area (Å²) in [5.41, 5.74) is 4.02. The van der Waals surface area contributed by atoms with Crippen LogP contribution < -0.4 is 4.74 Å². The van der Waals surface area contributed by atoms with E-state index in [4.69, 9.17) is 16.3 Å². The maximum Gasteiger partial charge on any atom is 0.128 e. The summed E-state index contributed by atoms with van der Waals surface area (Å²) in [6.45, 7) is 0. The second-order valence-corrected chi connectivity index (χ2v) is 7.14. The molecule has 0 spiro atoms. The van der Waals surface area contributed by atoms with E-state index in [1.54, 1.807) is 0 Å². The molecule has 1 atom stereocenters. The van der Waals surface area contributed by atoms with E-state index < -0.39 is 0 Å². The predicted molar refractivity (Wildman–Crippen MR) is 99.3 cm³/mol. The second-order valence-electron chi connectivity index (χ2n) is 6.71. The van der Waals surface area contributed by atoms with Gasteiger partial charge in [-0.25, -0.2) is 0 Å². The zero-order chi connectivity index (χ0) is 16.7. The van der Waals surface area contributed by atoms with E-state index >= 15 is 0 Å². The Morgan fingerprint density at radius 3 is 2.58 bits per heavy atom. The van der Waals surface area contributed by atoms with Gasteiger partial charge in [-0.05, 0) is 81.4 Å². The van der Waals surface area contributed by atoms with Gasteiger partial charge in [0.1, 0.15) is 11.5 Å². The molecule has 3 nitrogen and oxygen atoms in total. The van der Waals surface area contributed by atoms with Crippen molar-refractivity contribution >= 4 is 22.5 Å². The van der Waals surface area contributed by atoms with Gasteiger partial charge in [-0.1, -0.05) is 11.6 Å². The maximum absolute atomic E-state index is 5.99. The molecule has 0 amide bonds. The Hall–Kier alpha value is -1.97. The molecule has 0 saturated heterocycles. The van der Waals surface area contributed by atoms with Gasteiger partial charge in [0.05, 0.1) is 0 Å². The van der Waals surface area contributed by atoms with Crippen molar-refractivity contribution in [3.63, 3.8) is 0 Å². The third-order valence-corrected chi connectivity index (χ3v) is 5.16. The van der Waals surface area contributed by atoms with Crippen LogP contribution in [0.5, 0.6) is 11.5 Å². The maximum atomic E-state index is 5.99. The van der Waals surface area contributed by atoms with E-state index in [1.165, 1.54) is 28.6 Å². The Labute approximate surface area is 147 Å². The highest BCUT2D eigenvalue weighted by atomic mass is 35.5. The first kappa shape index (κ1) is 15.6. The summed E-state index contributed by atoms with van der Waals surface area (Å²) in [6, 6.07) is 14.4. The summed E-state index contributed by atoms with van der Waals surface area (Å²) >= 11 is 5.93. The minimum absolute atomic E-state index is 0.609. The lowest BCUT2D eigenvalue weighted by Gasteiger charge is -2.28. The molecule has 1 aliphatic rings. The van der Waals surface area contributed by atoms with E-state index in [1.807, 2.05) is 30.3 Å². The first-order chi connectivity index (χ1) is 11.6. The normalized spacial score (nSPS) is 17.2. The lowest BCUT2D eigenvalue weighted by molar-refractivity contribution is 0.268. The number of nitrogens with zero attached hydrogens (tertiary/aromatic N) is 1. The summed E-state index contributed by atoms with van der Waals surface area (Å²) in [6.07, 6.45) is 3.41. The number of ether oxygens (including phenoxy) is 1. The summed E-state index contributed by atoms with van der Waals surface area (Å²) < 4.78 is 5.99. The molecular formula is C20H21ClN2O. The fraction of sp³-hybridized carbons (Fsp3) is 0.300. The van der Waals surface area contributed by atoms with Gasteiger partial charge in [-0.15, -0.1) is 0 Å². The first-order valence-corrected chi connectivity index (χ1v) is 8.71. The molecule has 4 heteroatoms. The Balaban J connectivity index is 1.67. The number of halogens is 1. The fourth-order valence-electron chi connectivity index (χ4n) is 3.52. The molecule has 1 N–H and O–H groups in total. The van der Waals surface area contributed by atoms with Crippen molar-refractivity contribution in [2.45, 2.75) is 25.3 Å². The highest BCUT2D eigenvalue weighted by Crippen LogP contribution is 2.34. The average molecular weight is 341 g/mol. The lowest BCUT2D eigenvalue weighted by Crippen LogP contribution is -2.33. The van der Waals surface area contributed by atoms with Gasteiger partial charge in [0.15, 0.2) is 0 Å². The number of H-pyrrole nitrogens is 1. The van der Waals surface area contributed by atoms with Crippen molar-refractivity contribution in [2.75, 3.05) is 14.1 Å². The van der Waals surface area contributed by atoms with Crippen LogP contribution in [-0.2, 0) is 12.8 Å². The molecule has 0 fully saturated rings. The molecule has 0 saturated carbocycles. The Bertz CT molecular complexity index is 867. The summed E-state index contributed by atoms with van der Waals surface area (Å²) in [4.78, 5) is 5.91. The van der Waals surface area contributed by atoms with Gasteiger partial charge >= 0.3 is 0 Å². The highest BCUT2D eigenvalue weighted by molar-refractivity contribution is 6.30. The van der Waals surface area contributed by atoms with E-state index in [2.05, 4.69) is 36.1 Å². The molecule has 0 bridgehead atoms. The van der Waals surface area contributed by atoms with Gasteiger partial charge in [0, 0.05) is 27.7 Å². The molecule has 2 aromatic carbocycles. The number of rotatable bonds is 3. The quantitative estimate of drug-likeness (QED) is 0.724. The molecule has 124 valence electrons. The van der Waals surface area contributed by atoms with Crippen LogP contribution in [0.4, 0.5) is 0 Å². The number of fused-ring (bicyclic) bond motifs is 3. The molecular weight excluding hydrogens is 320 g/mol. The molecule has 24 heavy (non-hydrogen) atoms. The van der Waals surface area contributed by atoms with Crippen molar-refractivity contribution < 1.29 is 4.74 Å². The van der Waals surface area contributed by atoms with Crippen molar-refractivity contribution in [2.24, 2.45) is 0 Å². The van der Waals surface area contributed by atoms with E-state index in [-0.39, 0.29) is 0 Å². The zero-order valence-electron chi connectivity index (χ0n) is 14.0.